The molecule has 2 N–H and O–H groups in total. The van der Waals surface area contributed by atoms with Crippen LogP contribution in [0.4, 0.5) is 5.82 Å². The number of nitro groups is 1. The van der Waals surface area contributed by atoms with Crippen LogP contribution in [0.2, 0.25) is 0 Å². The van der Waals surface area contributed by atoms with E-state index in [0.29, 0.717) is 13.1 Å². The van der Waals surface area contributed by atoms with Gasteiger partial charge in [0.05, 0.1) is 18.6 Å². The highest BCUT2D eigenvalue weighted by molar-refractivity contribution is 5.75. The Labute approximate surface area is 107 Å². The monoisotopic (exact) mass is 264 g/mol. The maximum atomic E-state index is 11.5. The second-order valence-corrected chi connectivity index (χ2v) is 3.83. The third-order valence-electron chi connectivity index (χ3n) is 2.43. The lowest BCUT2D eigenvalue weighted by molar-refractivity contribution is -0.389. The van der Waals surface area contributed by atoms with E-state index in [0.717, 1.165) is 5.69 Å². The molecule has 0 aromatic carbocycles. The topological polar surface area (TPSA) is 119 Å². The van der Waals surface area contributed by atoms with Crippen molar-refractivity contribution >= 4 is 11.7 Å². The number of H-pyrrole nitrogens is 1. The van der Waals surface area contributed by atoms with Crippen LogP contribution in [0, 0.1) is 10.1 Å². The van der Waals surface area contributed by atoms with Gasteiger partial charge in [-0.15, -0.1) is 0 Å². The van der Waals surface area contributed by atoms with Crippen LogP contribution in [-0.2, 0) is 17.9 Å². The fourth-order valence-corrected chi connectivity index (χ4v) is 1.46. The Morgan fingerprint density at radius 2 is 2.42 bits per heavy atom. The number of imidazole rings is 2. The molecule has 0 atom stereocenters. The lowest BCUT2D eigenvalue weighted by atomic mass is 10.3. The number of carbonyl (C=O) groups is 1. The lowest BCUT2D eigenvalue weighted by Crippen LogP contribution is -2.23. The molecule has 2 rings (SSSR count). The molecule has 19 heavy (non-hydrogen) atoms. The van der Waals surface area contributed by atoms with Gasteiger partial charge in [-0.25, -0.2) is 4.98 Å². The Morgan fingerprint density at radius 3 is 3.05 bits per heavy atom. The second kappa shape index (κ2) is 5.76. The third kappa shape index (κ3) is 3.63. The number of rotatable bonds is 6. The van der Waals surface area contributed by atoms with E-state index in [-0.39, 0.29) is 18.1 Å². The summed E-state index contributed by atoms with van der Waals surface area (Å²) in [5, 5.41) is 13.1. The van der Waals surface area contributed by atoms with Gasteiger partial charge in [0.2, 0.25) is 12.2 Å². The van der Waals surface area contributed by atoms with E-state index in [1.807, 2.05) is 0 Å². The Kier molecular flexibility index (Phi) is 3.86. The van der Waals surface area contributed by atoms with Gasteiger partial charge in [0.15, 0.2) is 0 Å². The first kappa shape index (κ1) is 12.7. The summed E-state index contributed by atoms with van der Waals surface area (Å²) < 4.78 is 1.51. The standard InChI is InChI=1S/C10H12N6O3/c17-10(12-4-8-3-11-6-13-8)1-2-15-5-9(14-7-15)16(18)19/h3,5-7H,1-2,4H2,(H,11,13)(H,12,17). The van der Waals surface area contributed by atoms with Crippen LogP contribution in [0.15, 0.2) is 25.0 Å². The number of nitrogens with one attached hydrogen (secondary N) is 2. The van der Waals surface area contributed by atoms with E-state index in [1.54, 1.807) is 6.20 Å². The highest BCUT2D eigenvalue weighted by Gasteiger charge is 2.10. The average Bonchev–Trinajstić information content (AvgIpc) is 3.05. The molecule has 9 nitrogen and oxygen atoms in total. The molecule has 1 amide bonds. The molecule has 0 fully saturated rings. The summed E-state index contributed by atoms with van der Waals surface area (Å²) in [4.78, 5) is 31.7. The lowest BCUT2D eigenvalue weighted by Gasteiger charge is -2.03. The summed E-state index contributed by atoms with van der Waals surface area (Å²) in [7, 11) is 0. The van der Waals surface area contributed by atoms with Crippen molar-refractivity contribution in [1.82, 2.24) is 24.8 Å². The van der Waals surface area contributed by atoms with Gasteiger partial charge in [-0.1, -0.05) is 0 Å². The Morgan fingerprint density at radius 1 is 1.58 bits per heavy atom. The van der Waals surface area contributed by atoms with E-state index < -0.39 is 4.92 Å². The second-order valence-electron chi connectivity index (χ2n) is 3.83. The first-order valence-corrected chi connectivity index (χ1v) is 5.55. The average molecular weight is 264 g/mol. The number of aromatic amines is 1. The summed E-state index contributed by atoms with van der Waals surface area (Å²) in [6, 6.07) is 0. The third-order valence-corrected chi connectivity index (χ3v) is 2.43. The highest BCUT2D eigenvalue weighted by atomic mass is 16.6. The van der Waals surface area contributed by atoms with Gasteiger partial charge < -0.3 is 25.0 Å². The van der Waals surface area contributed by atoms with Gasteiger partial charge in [-0.05, 0) is 9.91 Å². The number of amides is 1. The molecule has 0 aliphatic heterocycles. The van der Waals surface area contributed by atoms with Crippen molar-refractivity contribution < 1.29 is 9.72 Å². The predicted octanol–water partition coefficient (Wildman–Crippen LogP) is 0.221. The maximum absolute atomic E-state index is 11.5. The van der Waals surface area contributed by atoms with Gasteiger partial charge in [-0.3, -0.25) is 4.79 Å². The molecule has 2 aromatic heterocycles. The maximum Gasteiger partial charge on any atom is 0.381 e. The van der Waals surface area contributed by atoms with Crippen molar-refractivity contribution in [2.45, 2.75) is 19.5 Å². The summed E-state index contributed by atoms with van der Waals surface area (Å²) in [6.45, 7) is 0.721. The van der Waals surface area contributed by atoms with Crippen LogP contribution in [0.1, 0.15) is 12.1 Å². The molecule has 2 heterocycles. The summed E-state index contributed by atoms with van der Waals surface area (Å²) in [6.07, 6.45) is 6.01. The Balaban J connectivity index is 1.75. The van der Waals surface area contributed by atoms with E-state index in [2.05, 4.69) is 20.3 Å². The first-order chi connectivity index (χ1) is 9.15. The number of aryl methyl sites for hydroxylation is 1. The molecule has 9 heteroatoms. The minimum Gasteiger partial charge on any atom is -0.358 e. The number of carbonyl (C=O) groups excluding carboxylic acids is 1. The Bertz CT molecular complexity index is 562. The Hall–Kier alpha value is -2.71. The van der Waals surface area contributed by atoms with Crippen molar-refractivity contribution in [3.8, 4) is 0 Å². The zero-order chi connectivity index (χ0) is 13.7. The summed E-state index contributed by atoms with van der Waals surface area (Å²) in [5.41, 5.74) is 0.812. The van der Waals surface area contributed by atoms with Crippen molar-refractivity contribution in [3.63, 3.8) is 0 Å². The minimum absolute atomic E-state index is 0.147. The van der Waals surface area contributed by atoms with Crippen LogP contribution in [0.5, 0.6) is 0 Å². The molecule has 0 spiro atoms. The van der Waals surface area contributed by atoms with Crippen molar-refractivity contribution in [1.29, 1.82) is 0 Å². The van der Waals surface area contributed by atoms with Crippen molar-refractivity contribution in [2.75, 3.05) is 0 Å². The fourth-order valence-electron chi connectivity index (χ4n) is 1.46. The smallest absolute Gasteiger partial charge is 0.358 e. The van der Waals surface area contributed by atoms with Crippen LogP contribution in [0.3, 0.4) is 0 Å². The van der Waals surface area contributed by atoms with E-state index in [1.165, 1.54) is 23.4 Å². The van der Waals surface area contributed by atoms with Gasteiger partial charge in [0.1, 0.15) is 6.20 Å². The predicted molar refractivity (Wildman–Crippen MR) is 63.9 cm³/mol. The highest BCUT2D eigenvalue weighted by Crippen LogP contribution is 2.06. The minimum atomic E-state index is -0.575. The SMILES string of the molecule is O=C(CCn1cnc([N+](=O)[O-])c1)NCc1cnc[nH]1. The van der Waals surface area contributed by atoms with Gasteiger partial charge >= 0.3 is 5.82 Å². The molecule has 100 valence electrons. The number of hydrogen-bond donors (Lipinski definition) is 2. The molecule has 0 radical (unpaired) electrons. The van der Waals surface area contributed by atoms with E-state index in [9.17, 15) is 14.9 Å². The first-order valence-electron chi connectivity index (χ1n) is 5.55. The number of nitrogens with zero attached hydrogens (tertiary/aromatic N) is 4. The normalized spacial score (nSPS) is 10.3. The van der Waals surface area contributed by atoms with Crippen LogP contribution in [-0.4, -0.2) is 30.3 Å². The number of aromatic nitrogens is 4. The molecule has 0 saturated carbocycles. The summed E-state index contributed by atoms with van der Waals surface area (Å²) in [5.74, 6) is -0.371. The van der Waals surface area contributed by atoms with Crippen LogP contribution >= 0.6 is 0 Å². The zero-order valence-corrected chi connectivity index (χ0v) is 9.94. The fraction of sp³-hybridized carbons (Fsp3) is 0.300. The van der Waals surface area contributed by atoms with Gasteiger partial charge in [0.25, 0.3) is 0 Å². The molecule has 0 aliphatic rings. The largest absolute Gasteiger partial charge is 0.381 e. The van der Waals surface area contributed by atoms with Gasteiger partial charge in [-0.2, -0.15) is 0 Å². The molecule has 0 bridgehead atoms. The van der Waals surface area contributed by atoms with Gasteiger partial charge in [0, 0.05) is 19.2 Å². The molecule has 2 aromatic rings. The van der Waals surface area contributed by atoms with E-state index >= 15 is 0 Å². The van der Waals surface area contributed by atoms with Crippen LogP contribution < -0.4 is 5.32 Å². The van der Waals surface area contributed by atoms with Crippen molar-refractivity contribution in [2.24, 2.45) is 0 Å². The molecule has 0 saturated heterocycles. The van der Waals surface area contributed by atoms with Crippen molar-refractivity contribution in [3.05, 3.63) is 40.9 Å². The quantitative estimate of drug-likeness (QED) is 0.571. The zero-order valence-electron chi connectivity index (χ0n) is 9.94. The molecule has 0 unspecified atom stereocenters. The van der Waals surface area contributed by atoms with Crippen LogP contribution in [0.25, 0.3) is 0 Å². The number of hydrogen-bond acceptors (Lipinski definition) is 5. The molecular weight excluding hydrogens is 252 g/mol. The van der Waals surface area contributed by atoms with E-state index in [4.69, 9.17) is 0 Å². The summed E-state index contributed by atoms with van der Waals surface area (Å²) >= 11 is 0. The molecular formula is C10H12N6O3. The molecule has 0 aliphatic carbocycles.